The van der Waals surface area contributed by atoms with Crippen molar-refractivity contribution in [3.05, 3.63) is 70.8 Å². The average Bonchev–Trinajstić information content (AvgIpc) is 2.78. The molecule has 1 saturated heterocycles. The fourth-order valence-corrected chi connectivity index (χ4v) is 3.39. The van der Waals surface area contributed by atoms with Crippen molar-refractivity contribution in [2.45, 2.75) is 19.1 Å². The summed E-state index contributed by atoms with van der Waals surface area (Å²) >= 11 is 0. The molecular formula is C23H26F3N3O3. The zero-order valence-corrected chi connectivity index (χ0v) is 17.7. The minimum absolute atomic E-state index is 0.0502. The molecule has 2 aromatic carbocycles. The van der Waals surface area contributed by atoms with Crippen molar-refractivity contribution in [3.63, 3.8) is 0 Å². The van der Waals surface area contributed by atoms with E-state index in [1.54, 1.807) is 0 Å². The Morgan fingerprint density at radius 2 is 1.66 bits per heavy atom. The van der Waals surface area contributed by atoms with E-state index in [1.807, 2.05) is 31.2 Å². The van der Waals surface area contributed by atoms with E-state index in [0.717, 1.165) is 48.5 Å². The van der Waals surface area contributed by atoms with E-state index >= 15 is 0 Å². The molecule has 0 bridgehead atoms. The number of alkyl halides is 3. The van der Waals surface area contributed by atoms with Crippen LogP contribution in [0, 0.1) is 6.92 Å². The van der Waals surface area contributed by atoms with E-state index in [1.165, 1.54) is 0 Å². The molecule has 1 aliphatic rings. The summed E-state index contributed by atoms with van der Waals surface area (Å²) in [6.07, 6.45) is -4.47. The highest BCUT2D eigenvalue weighted by atomic mass is 19.4. The number of benzene rings is 2. The highest BCUT2D eigenvalue weighted by Crippen LogP contribution is 2.29. The molecule has 1 aliphatic heterocycles. The van der Waals surface area contributed by atoms with Crippen LogP contribution < -0.4 is 10.6 Å². The Morgan fingerprint density at radius 3 is 2.25 bits per heavy atom. The zero-order valence-electron chi connectivity index (χ0n) is 17.7. The summed E-state index contributed by atoms with van der Waals surface area (Å²) in [6, 6.07) is 11.4. The first-order chi connectivity index (χ1) is 15.2. The third-order valence-corrected chi connectivity index (χ3v) is 5.24. The van der Waals surface area contributed by atoms with Gasteiger partial charge in [-0.1, -0.05) is 29.8 Å². The molecule has 0 radical (unpaired) electrons. The van der Waals surface area contributed by atoms with Crippen LogP contribution in [0.15, 0.2) is 48.5 Å². The Morgan fingerprint density at radius 1 is 1.03 bits per heavy atom. The molecular weight excluding hydrogens is 423 g/mol. The van der Waals surface area contributed by atoms with Gasteiger partial charge < -0.3 is 15.4 Å². The van der Waals surface area contributed by atoms with Crippen molar-refractivity contribution in [2.75, 3.05) is 39.4 Å². The smallest absolute Gasteiger partial charge is 0.379 e. The van der Waals surface area contributed by atoms with Gasteiger partial charge in [0.2, 0.25) is 5.91 Å². The van der Waals surface area contributed by atoms with Crippen molar-refractivity contribution >= 4 is 11.8 Å². The van der Waals surface area contributed by atoms with Crippen LogP contribution in [-0.2, 0) is 15.7 Å². The molecule has 1 fully saturated rings. The van der Waals surface area contributed by atoms with Gasteiger partial charge in [0.15, 0.2) is 0 Å². The van der Waals surface area contributed by atoms with Gasteiger partial charge in [0, 0.05) is 25.2 Å². The summed E-state index contributed by atoms with van der Waals surface area (Å²) in [5, 5.41) is 5.41. The van der Waals surface area contributed by atoms with Crippen LogP contribution in [0.5, 0.6) is 0 Å². The number of nitrogens with zero attached hydrogens (tertiary/aromatic N) is 1. The van der Waals surface area contributed by atoms with Crippen molar-refractivity contribution in [2.24, 2.45) is 0 Å². The number of rotatable bonds is 7. The van der Waals surface area contributed by atoms with Gasteiger partial charge in [0.1, 0.15) is 0 Å². The molecule has 6 nitrogen and oxygen atoms in total. The molecule has 9 heteroatoms. The van der Waals surface area contributed by atoms with Gasteiger partial charge in [-0.3, -0.25) is 14.5 Å². The first-order valence-corrected chi connectivity index (χ1v) is 10.3. The van der Waals surface area contributed by atoms with Gasteiger partial charge in [-0.25, -0.2) is 0 Å². The Kier molecular flexibility index (Phi) is 7.87. The Labute approximate surface area is 184 Å². The van der Waals surface area contributed by atoms with Crippen LogP contribution in [0.3, 0.4) is 0 Å². The van der Waals surface area contributed by atoms with Crippen LogP contribution in [0.4, 0.5) is 13.2 Å². The molecule has 1 atom stereocenters. The SMILES string of the molecule is Cc1ccc([C@@H](CN2CCOCC2)NC(=O)CNC(=O)c2ccc(C(F)(F)F)cc2)cc1. The first kappa shape index (κ1) is 23.7. The van der Waals surface area contributed by atoms with Gasteiger partial charge in [-0.2, -0.15) is 13.2 Å². The van der Waals surface area contributed by atoms with Crippen LogP contribution in [0.1, 0.15) is 33.1 Å². The minimum atomic E-state index is -4.47. The second-order valence-electron chi connectivity index (χ2n) is 7.70. The molecule has 2 amide bonds. The average molecular weight is 449 g/mol. The monoisotopic (exact) mass is 449 g/mol. The number of hydrogen-bond acceptors (Lipinski definition) is 4. The number of halogens is 3. The Bertz CT molecular complexity index is 909. The lowest BCUT2D eigenvalue weighted by molar-refractivity contribution is -0.137. The Balaban J connectivity index is 1.59. The van der Waals surface area contributed by atoms with E-state index < -0.39 is 17.6 Å². The summed E-state index contributed by atoms with van der Waals surface area (Å²) in [5.74, 6) is -1.00. The van der Waals surface area contributed by atoms with Crippen molar-refractivity contribution in [3.8, 4) is 0 Å². The van der Waals surface area contributed by atoms with Crippen LogP contribution in [0.2, 0.25) is 0 Å². The highest BCUT2D eigenvalue weighted by Gasteiger charge is 2.30. The van der Waals surface area contributed by atoms with Crippen molar-refractivity contribution < 1.29 is 27.5 Å². The molecule has 2 aromatic rings. The number of amides is 2. The first-order valence-electron chi connectivity index (χ1n) is 10.3. The number of aryl methyl sites for hydroxylation is 1. The topological polar surface area (TPSA) is 70.7 Å². The van der Waals surface area contributed by atoms with E-state index in [4.69, 9.17) is 4.74 Å². The quantitative estimate of drug-likeness (QED) is 0.682. The fourth-order valence-electron chi connectivity index (χ4n) is 3.39. The van der Waals surface area contributed by atoms with Crippen LogP contribution >= 0.6 is 0 Å². The second kappa shape index (κ2) is 10.6. The lowest BCUT2D eigenvalue weighted by Gasteiger charge is -2.31. The van der Waals surface area contributed by atoms with Gasteiger partial charge in [-0.05, 0) is 36.8 Å². The lowest BCUT2D eigenvalue weighted by Crippen LogP contribution is -2.45. The molecule has 0 aliphatic carbocycles. The molecule has 0 saturated carbocycles. The third-order valence-electron chi connectivity index (χ3n) is 5.24. The van der Waals surface area contributed by atoms with E-state index in [0.29, 0.717) is 19.8 Å². The molecule has 3 rings (SSSR count). The normalized spacial score (nSPS) is 15.8. The summed E-state index contributed by atoms with van der Waals surface area (Å²) < 4.78 is 43.4. The number of ether oxygens (including phenoxy) is 1. The van der Waals surface area contributed by atoms with E-state index in [2.05, 4.69) is 15.5 Å². The fraction of sp³-hybridized carbons (Fsp3) is 0.391. The van der Waals surface area contributed by atoms with Gasteiger partial charge in [-0.15, -0.1) is 0 Å². The lowest BCUT2D eigenvalue weighted by atomic mass is 10.0. The predicted molar refractivity (Wildman–Crippen MR) is 113 cm³/mol. The van der Waals surface area contributed by atoms with Gasteiger partial charge in [0.05, 0.1) is 31.4 Å². The van der Waals surface area contributed by atoms with Crippen LogP contribution in [-0.4, -0.2) is 56.1 Å². The number of hydrogen-bond donors (Lipinski definition) is 2. The van der Waals surface area contributed by atoms with E-state index in [9.17, 15) is 22.8 Å². The summed E-state index contributed by atoms with van der Waals surface area (Å²) in [4.78, 5) is 27.0. The third kappa shape index (κ3) is 6.80. The zero-order chi connectivity index (χ0) is 23.1. The number of morpholine rings is 1. The standard InChI is InChI=1S/C23H26F3N3O3/c1-16-2-4-17(5-3-16)20(15-29-10-12-32-13-11-29)28-21(30)14-27-22(31)18-6-8-19(9-7-18)23(24,25)26/h2-9,20H,10-15H2,1H3,(H,27,31)(H,28,30)/t20-/m1/s1. The molecule has 2 N–H and O–H groups in total. The van der Waals surface area contributed by atoms with Crippen molar-refractivity contribution in [1.29, 1.82) is 0 Å². The van der Waals surface area contributed by atoms with Gasteiger partial charge in [0.25, 0.3) is 5.91 Å². The predicted octanol–water partition coefficient (Wildman–Crippen LogP) is 2.93. The second-order valence-corrected chi connectivity index (χ2v) is 7.70. The maximum Gasteiger partial charge on any atom is 0.416 e. The van der Waals surface area contributed by atoms with Crippen LogP contribution in [0.25, 0.3) is 0 Å². The summed E-state index contributed by atoms with van der Waals surface area (Å²) in [7, 11) is 0. The maximum absolute atomic E-state index is 12.7. The highest BCUT2D eigenvalue weighted by molar-refractivity contribution is 5.96. The Hall–Kier alpha value is -2.91. The molecule has 0 aromatic heterocycles. The molecule has 32 heavy (non-hydrogen) atoms. The number of nitrogens with one attached hydrogen (secondary N) is 2. The molecule has 1 heterocycles. The molecule has 0 spiro atoms. The largest absolute Gasteiger partial charge is 0.416 e. The maximum atomic E-state index is 12.7. The molecule has 0 unspecified atom stereocenters. The summed E-state index contributed by atoms with van der Waals surface area (Å²) in [6.45, 7) is 5.10. The summed E-state index contributed by atoms with van der Waals surface area (Å²) in [5.41, 5.74) is 1.27. The number of carbonyl (C=O) groups excluding carboxylic acids is 2. The molecule has 172 valence electrons. The number of carbonyl (C=O) groups is 2. The van der Waals surface area contributed by atoms with Crippen molar-refractivity contribution in [1.82, 2.24) is 15.5 Å². The van der Waals surface area contributed by atoms with E-state index in [-0.39, 0.29) is 24.1 Å². The van der Waals surface area contributed by atoms with Gasteiger partial charge >= 0.3 is 6.18 Å². The minimum Gasteiger partial charge on any atom is -0.379 e.